The third-order valence-electron chi connectivity index (χ3n) is 20.6. The minimum atomic E-state index is -1.73. The van der Waals surface area contributed by atoms with Gasteiger partial charge in [-0.05, 0) is 195 Å². The molecule has 0 bridgehead atoms. The first-order chi connectivity index (χ1) is 45.1. The predicted octanol–water partition coefficient (Wildman–Crippen LogP) is 11.1. The highest BCUT2D eigenvalue weighted by Gasteiger charge is 2.52. The standard InChI is InChI=1S/C74H132N4O19/c1-21-23-33-73(61(81)94-43-27-39-88-55-47-65(3,4)75(19)66(5,6)48-55,64(84)97-46-30-42-91-58-53-71(15,16)78(87-20)72(17,18)54-58)35-25-37-92-59(79)31-32-60(80)93-38-26-36-74(34-24-22-2,62(82)95-44-28-40-89-56-49-67(7,8)76(85)68(9,10)50-56)63(83)96-45-29-41-90-57-51-69(11,12)77(86)70(13,14)52-57/h31-32,55-58,76,86H,21-30,33-54H2,1-20H3/b32-31+. The molecule has 562 valence electrons. The molecule has 23 heteroatoms. The number of esters is 6. The van der Waals surface area contributed by atoms with Gasteiger partial charge in [0, 0.05) is 83.9 Å². The number of rotatable bonds is 41. The fourth-order valence-corrected chi connectivity index (χ4v) is 15.9. The summed E-state index contributed by atoms with van der Waals surface area (Å²) in [4.78, 5) is 91.8. The molecule has 2 atom stereocenters. The van der Waals surface area contributed by atoms with Crippen LogP contribution in [0, 0.1) is 16.0 Å². The Bertz CT molecular complexity index is 2380. The van der Waals surface area contributed by atoms with Crippen LogP contribution < -0.4 is 5.06 Å². The van der Waals surface area contributed by atoms with Crippen LogP contribution >= 0.6 is 0 Å². The van der Waals surface area contributed by atoms with Crippen molar-refractivity contribution in [2.24, 2.45) is 10.8 Å². The van der Waals surface area contributed by atoms with Crippen molar-refractivity contribution >= 4 is 35.8 Å². The maximum Gasteiger partial charge on any atom is 0.331 e. The topological polar surface area (TPSA) is 261 Å². The molecule has 23 nitrogen and oxygen atoms in total. The van der Waals surface area contributed by atoms with E-state index in [0.717, 1.165) is 37.8 Å². The number of hydrogen-bond acceptors (Lipinski definition) is 22. The Morgan fingerprint density at radius 2 is 0.680 bits per heavy atom. The van der Waals surface area contributed by atoms with E-state index in [1.54, 1.807) is 7.11 Å². The molecule has 0 aromatic heterocycles. The Balaban J connectivity index is 1.38. The van der Waals surface area contributed by atoms with Crippen molar-refractivity contribution in [2.45, 2.75) is 335 Å². The molecule has 4 rings (SSSR count). The van der Waals surface area contributed by atoms with Crippen molar-refractivity contribution in [1.82, 2.24) is 15.0 Å². The van der Waals surface area contributed by atoms with Crippen LogP contribution in [0.5, 0.6) is 0 Å². The number of hydroxylamine groups is 6. The van der Waals surface area contributed by atoms with Gasteiger partial charge >= 0.3 is 35.8 Å². The SMILES string of the molecule is CCCCC(CCCOC(=O)/C=C/C(=O)OCCCC(CCCC)(C(=O)OCCCOC1CC(C)(C)N(O)C(C)(C)C1)C(=O)OCCCOC1CC(C)(C)[NH+]([O-])C(C)(C)C1)(C(=O)OCCCOC1CC(C)(C)N(C)C(C)(C)C1)C(=O)OCCCOC1CC(C)(C)N(OC)C(C)(C)C1. The number of ether oxygens (including phenoxy) is 10. The normalized spacial score (nSPS) is 23.8. The van der Waals surface area contributed by atoms with Gasteiger partial charge in [-0.25, -0.2) is 9.59 Å². The summed E-state index contributed by atoms with van der Waals surface area (Å²) in [6.45, 7) is 37.7. The molecule has 0 amide bonds. The van der Waals surface area contributed by atoms with E-state index in [-0.39, 0.29) is 143 Å². The molecule has 4 heterocycles. The first kappa shape index (κ1) is 85.5. The second kappa shape index (κ2) is 37.3. The van der Waals surface area contributed by atoms with E-state index in [2.05, 4.69) is 67.3 Å². The highest BCUT2D eigenvalue weighted by Crippen LogP contribution is 2.43. The van der Waals surface area contributed by atoms with Gasteiger partial charge in [-0.1, -0.05) is 39.5 Å². The van der Waals surface area contributed by atoms with E-state index >= 15 is 0 Å². The molecule has 0 spiro atoms. The fourth-order valence-electron chi connectivity index (χ4n) is 15.9. The molecule has 0 aliphatic carbocycles. The van der Waals surface area contributed by atoms with E-state index in [4.69, 9.17) is 52.2 Å². The molecule has 4 aliphatic heterocycles. The Labute approximate surface area is 582 Å². The minimum absolute atomic E-state index is 0.0125. The Hall–Kier alpha value is -3.88. The van der Waals surface area contributed by atoms with Crippen molar-refractivity contribution in [1.29, 1.82) is 0 Å². The first-order valence-electron chi connectivity index (χ1n) is 36.4. The van der Waals surface area contributed by atoms with Gasteiger partial charge in [-0.15, -0.1) is 0 Å². The number of nitrogens with zero attached hydrogens (tertiary/aromatic N) is 3. The summed E-state index contributed by atoms with van der Waals surface area (Å²) in [5.74, 6) is -4.65. The molecule has 0 aromatic rings. The summed E-state index contributed by atoms with van der Waals surface area (Å²) < 4.78 is 59.7. The Morgan fingerprint density at radius 1 is 0.412 bits per heavy atom. The lowest BCUT2D eigenvalue weighted by atomic mass is 9.78. The maximum atomic E-state index is 14.4. The molecule has 97 heavy (non-hydrogen) atoms. The van der Waals surface area contributed by atoms with E-state index in [1.165, 1.54) is 5.06 Å². The van der Waals surface area contributed by atoms with Crippen molar-refractivity contribution in [3.8, 4) is 0 Å². The van der Waals surface area contributed by atoms with Gasteiger partial charge in [-0.3, -0.25) is 24.1 Å². The molecule has 2 N–H and O–H groups in total. The highest BCUT2D eigenvalue weighted by atomic mass is 16.7. The first-order valence-corrected chi connectivity index (χ1v) is 36.4. The number of nitrogens with one attached hydrogen (secondary N) is 1. The van der Waals surface area contributed by atoms with E-state index in [0.29, 0.717) is 90.3 Å². The van der Waals surface area contributed by atoms with Crippen molar-refractivity contribution in [2.75, 3.05) is 80.2 Å². The summed E-state index contributed by atoms with van der Waals surface area (Å²) in [7, 11) is 3.83. The number of hydrogen-bond donors (Lipinski definition) is 2. The van der Waals surface area contributed by atoms with E-state index in [9.17, 15) is 39.2 Å². The summed E-state index contributed by atoms with van der Waals surface area (Å²) >= 11 is 0. The molecular weight excluding hydrogens is 1250 g/mol. The van der Waals surface area contributed by atoms with E-state index < -0.39 is 68.8 Å². The second-order valence-electron chi connectivity index (χ2n) is 33.1. The number of piperidine rings is 4. The van der Waals surface area contributed by atoms with Gasteiger partial charge < -0.3 is 67.7 Å². The van der Waals surface area contributed by atoms with Crippen molar-refractivity contribution in [3.05, 3.63) is 17.4 Å². The van der Waals surface area contributed by atoms with Crippen LogP contribution in [0.25, 0.3) is 0 Å². The van der Waals surface area contributed by atoms with Gasteiger partial charge in [0.25, 0.3) is 0 Å². The summed E-state index contributed by atoms with van der Waals surface area (Å²) in [5, 5.41) is 27.4. The number of quaternary nitrogens is 1. The van der Waals surface area contributed by atoms with Crippen LogP contribution in [0.15, 0.2) is 12.2 Å². The molecule has 2 unspecified atom stereocenters. The van der Waals surface area contributed by atoms with Gasteiger partial charge in [0.2, 0.25) is 0 Å². The smallest absolute Gasteiger partial charge is 0.331 e. The van der Waals surface area contributed by atoms with Gasteiger partial charge in [0.15, 0.2) is 10.8 Å². The van der Waals surface area contributed by atoms with Gasteiger partial charge in [-0.2, -0.15) is 10.1 Å². The van der Waals surface area contributed by atoms with Crippen LogP contribution in [0.1, 0.15) is 266 Å². The molecule has 0 saturated carbocycles. The maximum absolute atomic E-state index is 14.4. The number of carbonyl (C=O) groups excluding carboxylic acids is 6. The lowest BCUT2D eigenvalue weighted by Crippen LogP contribution is -3.23. The monoisotopic (exact) mass is 1380 g/mol. The van der Waals surface area contributed by atoms with Crippen LogP contribution in [0.2, 0.25) is 0 Å². The average Bonchev–Trinajstić information content (AvgIpc) is 0.811. The lowest BCUT2D eigenvalue weighted by Gasteiger charge is -2.54. The molecule has 0 radical (unpaired) electrons. The molecule has 4 saturated heterocycles. The number of likely N-dealkylation sites (tertiary alicyclic amines) is 1. The minimum Gasteiger partial charge on any atom is -0.634 e. The van der Waals surface area contributed by atoms with Gasteiger partial charge in [0.1, 0.15) is 0 Å². The van der Waals surface area contributed by atoms with Crippen LogP contribution in [0.4, 0.5) is 0 Å². The molecule has 0 aromatic carbocycles. The van der Waals surface area contributed by atoms with Crippen LogP contribution in [-0.4, -0.2) is 205 Å². The molecule has 4 aliphatic rings. The summed E-state index contributed by atoms with van der Waals surface area (Å²) in [5.41, 5.74) is -6.16. The largest absolute Gasteiger partial charge is 0.634 e. The lowest BCUT2D eigenvalue weighted by molar-refractivity contribution is -0.956. The van der Waals surface area contributed by atoms with Crippen LogP contribution in [0.3, 0.4) is 0 Å². The number of carbonyl (C=O) groups is 6. The summed E-state index contributed by atoms with van der Waals surface area (Å²) in [6, 6.07) is 0. The van der Waals surface area contributed by atoms with Gasteiger partial charge in [0.05, 0.1) is 109 Å². The quantitative estimate of drug-likeness (QED) is 0.0144. The van der Waals surface area contributed by atoms with Crippen molar-refractivity contribution in [3.63, 3.8) is 0 Å². The number of unbranched alkanes of at least 4 members (excludes halogenated alkanes) is 2. The zero-order valence-electron chi connectivity index (χ0n) is 63.7. The van der Waals surface area contributed by atoms with E-state index in [1.807, 2.05) is 74.3 Å². The second-order valence-corrected chi connectivity index (χ2v) is 33.1. The Morgan fingerprint density at radius 3 is 0.979 bits per heavy atom. The molecule has 4 fully saturated rings. The Kier molecular flexibility index (Phi) is 32.9. The predicted molar refractivity (Wildman–Crippen MR) is 369 cm³/mol. The van der Waals surface area contributed by atoms with Crippen LogP contribution in [-0.2, 0) is 81.0 Å². The highest BCUT2D eigenvalue weighted by molar-refractivity contribution is 6.00. The zero-order chi connectivity index (χ0) is 72.9. The molecular formula is C74H132N4O19. The van der Waals surface area contributed by atoms with Crippen molar-refractivity contribution < 1.29 is 91.2 Å². The summed E-state index contributed by atoms with van der Waals surface area (Å²) in [6.07, 6.45) is 11.4. The average molecular weight is 1380 g/mol. The third-order valence-corrected chi connectivity index (χ3v) is 20.6. The third kappa shape index (κ3) is 25.0. The zero-order valence-corrected chi connectivity index (χ0v) is 63.7. The fraction of sp³-hybridized carbons (Fsp3) is 0.892.